The maximum atomic E-state index is 5.57. The molecule has 1 atom stereocenters. The Bertz CT molecular complexity index is 663. The Hall–Kier alpha value is -1.24. The van der Waals surface area contributed by atoms with Gasteiger partial charge in [0.05, 0.1) is 16.3 Å². The number of ether oxygens (including phenoxy) is 1. The zero-order valence-electron chi connectivity index (χ0n) is 13.0. The quantitative estimate of drug-likeness (QED) is 0.918. The van der Waals surface area contributed by atoms with Crippen molar-refractivity contribution in [1.29, 1.82) is 0 Å². The maximum absolute atomic E-state index is 5.57. The second-order valence-electron chi connectivity index (χ2n) is 6.07. The van der Waals surface area contributed by atoms with Gasteiger partial charge in [-0.15, -0.1) is 11.3 Å². The average Bonchev–Trinajstić information content (AvgIpc) is 2.73. The summed E-state index contributed by atoms with van der Waals surface area (Å²) in [5.41, 5.74) is 2.55. The van der Waals surface area contributed by atoms with Crippen molar-refractivity contribution in [2.75, 3.05) is 38.2 Å². The van der Waals surface area contributed by atoms with Crippen molar-refractivity contribution in [3.8, 4) is 0 Å². The molecule has 6 heteroatoms. The van der Waals surface area contributed by atoms with Crippen LogP contribution in [0.5, 0.6) is 0 Å². The molecule has 1 aliphatic heterocycles. The van der Waals surface area contributed by atoms with Crippen LogP contribution in [0.15, 0.2) is 6.33 Å². The normalized spacial score (nSPS) is 22.6. The highest BCUT2D eigenvalue weighted by molar-refractivity contribution is 7.19. The number of methoxy groups -OCH3 is 1. The molecule has 3 heterocycles. The summed E-state index contributed by atoms with van der Waals surface area (Å²) in [6.07, 6.45) is 6.46. The molecule has 0 aromatic carbocycles. The first-order valence-corrected chi connectivity index (χ1v) is 8.92. The number of nitrogens with one attached hydrogen (secondary N) is 1. The Labute approximate surface area is 134 Å². The van der Waals surface area contributed by atoms with E-state index < -0.39 is 0 Å². The molecular weight excluding hydrogens is 296 g/mol. The van der Waals surface area contributed by atoms with Crippen LogP contribution in [0.1, 0.15) is 23.3 Å². The highest BCUT2D eigenvalue weighted by Crippen LogP contribution is 2.39. The summed E-state index contributed by atoms with van der Waals surface area (Å²) in [5, 5.41) is 3.46. The molecule has 5 nitrogen and oxygen atoms in total. The number of fused-ring (bicyclic) bond motifs is 3. The molecule has 118 valence electrons. The summed E-state index contributed by atoms with van der Waals surface area (Å²) in [7, 11) is 1.81. The monoisotopic (exact) mass is 318 g/mol. The van der Waals surface area contributed by atoms with Gasteiger partial charge in [0.1, 0.15) is 12.1 Å². The lowest BCUT2D eigenvalue weighted by Gasteiger charge is -2.21. The van der Waals surface area contributed by atoms with E-state index >= 15 is 0 Å². The molecule has 1 N–H and O–H groups in total. The van der Waals surface area contributed by atoms with Gasteiger partial charge in [-0.1, -0.05) is 0 Å². The minimum absolute atomic E-state index is 0.339. The molecule has 0 saturated carbocycles. The first-order chi connectivity index (χ1) is 10.9. The topological polar surface area (TPSA) is 50.3 Å². The third-order valence-electron chi connectivity index (χ3n) is 4.73. The van der Waals surface area contributed by atoms with Crippen molar-refractivity contribution in [2.24, 2.45) is 0 Å². The number of aromatic nitrogens is 2. The van der Waals surface area contributed by atoms with Gasteiger partial charge < -0.3 is 15.0 Å². The standard InChI is InChI=1S/C16H22N4OS/c1-21-11-3-4-13-12(9-11)14-15(22-13)16(19-10-18-14)20-7-2-5-17-6-8-20/h10-11,17H,2-9H2,1H3. The summed E-state index contributed by atoms with van der Waals surface area (Å²) in [5.74, 6) is 1.13. The molecule has 0 radical (unpaired) electrons. The molecule has 2 aromatic rings. The molecule has 22 heavy (non-hydrogen) atoms. The number of anilines is 1. The number of rotatable bonds is 2. The van der Waals surface area contributed by atoms with Crippen molar-refractivity contribution < 1.29 is 4.74 Å². The van der Waals surface area contributed by atoms with Gasteiger partial charge in [-0.05, 0) is 31.4 Å². The molecule has 2 aliphatic rings. The van der Waals surface area contributed by atoms with Gasteiger partial charge in [0.2, 0.25) is 0 Å². The third-order valence-corrected chi connectivity index (χ3v) is 6.01. The Morgan fingerprint density at radius 1 is 1.32 bits per heavy atom. The second kappa shape index (κ2) is 6.10. The van der Waals surface area contributed by atoms with Crippen molar-refractivity contribution in [3.05, 3.63) is 16.8 Å². The van der Waals surface area contributed by atoms with Crippen LogP contribution in [0, 0.1) is 0 Å². The Morgan fingerprint density at radius 3 is 3.18 bits per heavy atom. The fraction of sp³-hybridized carbons (Fsp3) is 0.625. The number of aryl methyl sites for hydroxylation is 1. The molecule has 1 saturated heterocycles. The van der Waals surface area contributed by atoms with Crippen LogP contribution in [0.25, 0.3) is 10.2 Å². The minimum Gasteiger partial charge on any atom is -0.381 e. The van der Waals surface area contributed by atoms with E-state index in [1.165, 1.54) is 21.6 Å². The summed E-state index contributed by atoms with van der Waals surface area (Å²) < 4.78 is 6.84. The summed E-state index contributed by atoms with van der Waals surface area (Å²) in [4.78, 5) is 13.1. The Balaban J connectivity index is 1.76. The van der Waals surface area contributed by atoms with Gasteiger partial charge in [0.25, 0.3) is 0 Å². The molecule has 1 fully saturated rings. The predicted molar refractivity (Wildman–Crippen MR) is 89.9 cm³/mol. The fourth-order valence-corrected chi connectivity index (χ4v) is 4.82. The van der Waals surface area contributed by atoms with Crippen LogP contribution in [0.2, 0.25) is 0 Å². The largest absolute Gasteiger partial charge is 0.381 e. The third kappa shape index (κ3) is 2.49. The van der Waals surface area contributed by atoms with Gasteiger partial charge in [0, 0.05) is 38.0 Å². The maximum Gasteiger partial charge on any atom is 0.150 e. The zero-order valence-corrected chi connectivity index (χ0v) is 13.8. The van der Waals surface area contributed by atoms with Gasteiger partial charge >= 0.3 is 0 Å². The molecule has 1 aliphatic carbocycles. The molecular formula is C16H22N4OS. The lowest BCUT2D eigenvalue weighted by atomic mass is 9.95. The predicted octanol–water partition coefficient (Wildman–Crippen LogP) is 1.99. The van der Waals surface area contributed by atoms with Crippen molar-refractivity contribution in [1.82, 2.24) is 15.3 Å². The lowest BCUT2D eigenvalue weighted by Crippen LogP contribution is -2.28. The second-order valence-corrected chi connectivity index (χ2v) is 7.18. The van der Waals surface area contributed by atoms with E-state index in [1.807, 2.05) is 18.4 Å². The lowest BCUT2D eigenvalue weighted by molar-refractivity contribution is 0.0919. The summed E-state index contributed by atoms with van der Waals surface area (Å²) >= 11 is 1.90. The fourth-order valence-electron chi connectivity index (χ4n) is 3.51. The SMILES string of the molecule is COC1CCc2sc3c(N4CCCNCC4)ncnc3c2C1. The number of thiophene rings is 1. The first kappa shape index (κ1) is 14.4. The van der Waals surface area contributed by atoms with E-state index in [4.69, 9.17) is 4.74 Å². The van der Waals surface area contributed by atoms with Gasteiger partial charge in [-0.25, -0.2) is 9.97 Å². The van der Waals surface area contributed by atoms with E-state index in [1.54, 1.807) is 6.33 Å². The molecule has 4 rings (SSSR count). The van der Waals surface area contributed by atoms with E-state index in [-0.39, 0.29) is 0 Å². The van der Waals surface area contributed by atoms with E-state index in [0.29, 0.717) is 6.10 Å². The molecule has 1 unspecified atom stereocenters. The zero-order chi connectivity index (χ0) is 14.9. The van der Waals surface area contributed by atoms with E-state index in [0.717, 1.165) is 56.8 Å². The summed E-state index contributed by atoms with van der Waals surface area (Å²) in [6.45, 7) is 4.22. The van der Waals surface area contributed by atoms with Crippen LogP contribution in [0.4, 0.5) is 5.82 Å². The highest BCUT2D eigenvalue weighted by Gasteiger charge is 2.26. The highest BCUT2D eigenvalue weighted by atomic mass is 32.1. The Kier molecular flexibility index (Phi) is 3.98. The molecule has 0 spiro atoms. The van der Waals surface area contributed by atoms with Crippen LogP contribution < -0.4 is 10.2 Å². The van der Waals surface area contributed by atoms with Gasteiger partial charge in [-0.2, -0.15) is 0 Å². The smallest absolute Gasteiger partial charge is 0.150 e. The molecule has 0 amide bonds. The first-order valence-electron chi connectivity index (χ1n) is 8.10. The average molecular weight is 318 g/mol. The number of hydrogen-bond acceptors (Lipinski definition) is 6. The van der Waals surface area contributed by atoms with E-state index in [9.17, 15) is 0 Å². The molecule has 2 aromatic heterocycles. The Morgan fingerprint density at radius 2 is 2.27 bits per heavy atom. The molecule has 0 bridgehead atoms. The van der Waals surface area contributed by atoms with Crippen molar-refractivity contribution >= 4 is 27.4 Å². The van der Waals surface area contributed by atoms with Gasteiger partial charge in [0.15, 0.2) is 0 Å². The van der Waals surface area contributed by atoms with Crippen LogP contribution >= 0.6 is 11.3 Å². The summed E-state index contributed by atoms with van der Waals surface area (Å²) in [6, 6.07) is 0. The van der Waals surface area contributed by atoms with Gasteiger partial charge in [-0.3, -0.25) is 0 Å². The van der Waals surface area contributed by atoms with Crippen molar-refractivity contribution in [3.63, 3.8) is 0 Å². The van der Waals surface area contributed by atoms with Crippen LogP contribution in [-0.4, -0.2) is 49.4 Å². The number of nitrogens with zero attached hydrogens (tertiary/aromatic N) is 3. The van der Waals surface area contributed by atoms with Crippen LogP contribution in [0.3, 0.4) is 0 Å². The van der Waals surface area contributed by atoms with Crippen molar-refractivity contribution in [2.45, 2.75) is 31.8 Å². The van der Waals surface area contributed by atoms with Crippen LogP contribution in [-0.2, 0) is 17.6 Å². The minimum atomic E-state index is 0.339. The van der Waals surface area contributed by atoms with E-state index in [2.05, 4.69) is 20.2 Å². The number of hydrogen-bond donors (Lipinski definition) is 1.